The molecule has 0 aliphatic carbocycles. The van der Waals surface area contributed by atoms with Crippen molar-refractivity contribution in [3.05, 3.63) is 27.7 Å². The van der Waals surface area contributed by atoms with Crippen LogP contribution in [0.1, 0.15) is 36.2 Å². The van der Waals surface area contributed by atoms with Gasteiger partial charge in [0.2, 0.25) is 0 Å². The Bertz CT molecular complexity index is 469. The quantitative estimate of drug-likeness (QED) is 0.873. The van der Waals surface area contributed by atoms with Crippen molar-refractivity contribution in [1.29, 1.82) is 0 Å². The maximum absolute atomic E-state index is 11.8. The summed E-state index contributed by atoms with van der Waals surface area (Å²) in [6.07, 6.45) is 1.21. The summed E-state index contributed by atoms with van der Waals surface area (Å²) in [6.45, 7) is 4.47. The van der Waals surface area contributed by atoms with Crippen LogP contribution >= 0.6 is 15.9 Å². The van der Waals surface area contributed by atoms with Gasteiger partial charge >= 0.3 is 0 Å². The predicted octanol–water partition coefficient (Wildman–Crippen LogP) is 2.69. The fraction of sp³-hybridized carbons (Fsp3) is 0.462. The lowest BCUT2D eigenvalue weighted by Gasteiger charge is -2.17. The van der Waals surface area contributed by atoms with E-state index in [0.29, 0.717) is 18.5 Å². The Balaban J connectivity index is 2.37. The SMILES string of the molecule is CC1(C)Cc2cc(C(=O)CCN)cc(Br)c2O1. The zero-order chi connectivity index (χ0) is 12.6. The monoisotopic (exact) mass is 297 g/mol. The number of carbonyl (C=O) groups excluding carboxylic acids is 1. The lowest BCUT2D eigenvalue weighted by molar-refractivity contribution is 0.0985. The molecular weight excluding hydrogens is 282 g/mol. The number of rotatable bonds is 3. The van der Waals surface area contributed by atoms with Gasteiger partial charge in [-0.3, -0.25) is 4.79 Å². The molecule has 2 rings (SSSR count). The summed E-state index contributed by atoms with van der Waals surface area (Å²) in [6, 6.07) is 3.74. The van der Waals surface area contributed by atoms with Crippen LogP contribution in [0.15, 0.2) is 16.6 Å². The number of halogens is 1. The van der Waals surface area contributed by atoms with E-state index in [1.165, 1.54) is 0 Å². The normalized spacial score (nSPS) is 16.5. The highest BCUT2D eigenvalue weighted by Gasteiger charge is 2.32. The molecular formula is C13H16BrNO2. The van der Waals surface area contributed by atoms with Gasteiger partial charge in [0.15, 0.2) is 5.78 Å². The molecule has 0 unspecified atom stereocenters. The molecule has 0 radical (unpaired) electrons. The van der Waals surface area contributed by atoms with Gasteiger partial charge < -0.3 is 10.5 Å². The van der Waals surface area contributed by atoms with Crippen LogP contribution in [0.25, 0.3) is 0 Å². The maximum atomic E-state index is 11.8. The largest absolute Gasteiger partial charge is 0.486 e. The summed E-state index contributed by atoms with van der Waals surface area (Å²) >= 11 is 3.46. The van der Waals surface area contributed by atoms with Gasteiger partial charge in [0.25, 0.3) is 0 Å². The molecule has 0 saturated carbocycles. The molecule has 0 atom stereocenters. The van der Waals surface area contributed by atoms with E-state index in [9.17, 15) is 4.79 Å². The van der Waals surface area contributed by atoms with E-state index in [0.717, 1.165) is 22.2 Å². The smallest absolute Gasteiger partial charge is 0.164 e. The summed E-state index contributed by atoms with van der Waals surface area (Å²) < 4.78 is 6.68. The minimum Gasteiger partial charge on any atom is -0.486 e. The third kappa shape index (κ3) is 2.53. The second-order valence-corrected chi connectivity index (χ2v) is 5.80. The van der Waals surface area contributed by atoms with E-state index in [4.69, 9.17) is 10.5 Å². The Kier molecular flexibility index (Phi) is 3.27. The lowest BCUT2D eigenvalue weighted by Crippen LogP contribution is -2.24. The number of benzene rings is 1. The molecule has 0 fully saturated rings. The molecule has 1 aliphatic rings. The van der Waals surface area contributed by atoms with Crippen molar-refractivity contribution < 1.29 is 9.53 Å². The van der Waals surface area contributed by atoms with Crippen LogP contribution in [0.4, 0.5) is 0 Å². The average molecular weight is 298 g/mol. The number of hydrogen-bond acceptors (Lipinski definition) is 3. The first-order chi connectivity index (χ1) is 7.93. The lowest BCUT2D eigenvalue weighted by atomic mass is 9.98. The second kappa shape index (κ2) is 4.42. The number of nitrogens with two attached hydrogens (primary N) is 1. The van der Waals surface area contributed by atoms with Gasteiger partial charge in [0.05, 0.1) is 4.47 Å². The Morgan fingerprint density at radius 1 is 1.53 bits per heavy atom. The van der Waals surface area contributed by atoms with Crippen molar-refractivity contribution in [2.24, 2.45) is 5.73 Å². The Hall–Kier alpha value is -0.870. The number of carbonyl (C=O) groups is 1. The number of ketones is 1. The first-order valence-corrected chi connectivity index (χ1v) is 6.47. The zero-order valence-electron chi connectivity index (χ0n) is 10.0. The first-order valence-electron chi connectivity index (χ1n) is 5.67. The number of hydrogen-bond donors (Lipinski definition) is 1. The van der Waals surface area contributed by atoms with Crippen molar-refractivity contribution in [2.45, 2.75) is 32.3 Å². The predicted molar refractivity (Wildman–Crippen MR) is 70.6 cm³/mol. The van der Waals surface area contributed by atoms with Gasteiger partial charge in [-0.25, -0.2) is 0 Å². The van der Waals surface area contributed by atoms with Crippen molar-refractivity contribution in [3.8, 4) is 5.75 Å². The third-order valence-corrected chi connectivity index (χ3v) is 3.40. The topological polar surface area (TPSA) is 52.3 Å². The standard InChI is InChI=1S/C13H16BrNO2/c1-13(2)7-9-5-8(11(16)3-4-15)6-10(14)12(9)17-13/h5-6H,3-4,7,15H2,1-2H3. The van der Waals surface area contributed by atoms with Gasteiger partial charge in [0.1, 0.15) is 11.4 Å². The molecule has 0 spiro atoms. The average Bonchev–Trinajstić information content (AvgIpc) is 2.53. The molecule has 0 saturated heterocycles. The summed E-state index contributed by atoms with van der Waals surface area (Å²) in [5.41, 5.74) is 7.01. The molecule has 4 heteroatoms. The molecule has 3 nitrogen and oxygen atoms in total. The van der Waals surface area contributed by atoms with Crippen molar-refractivity contribution >= 4 is 21.7 Å². The highest BCUT2D eigenvalue weighted by Crippen LogP contribution is 2.41. The molecule has 2 N–H and O–H groups in total. The van der Waals surface area contributed by atoms with Crippen LogP contribution in [0.3, 0.4) is 0 Å². The third-order valence-electron chi connectivity index (χ3n) is 2.81. The van der Waals surface area contributed by atoms with E-state index in [1.54, 1.807) is 0 Å². The Morgan fingerprint density at radius 2 is 2.24 bits per heavy atom. The molecule has 1 heterocycles. The van der Waals surface area contributed by atoms with Gasteiger partial charge in [0, 0.05) is 18.4 Å². The molecule has 1 aliphatic heterocycles. The molecule has 0 bridgehead atoms. The number of fused-ring (bicyclic) bond motifs is 1. The van der Waals surface area contributed by atoms with Gasteiger partial charge in [-0.2, -0.15) is 0 Å². The molecule has 1 aromatic carbocycles. The fourth-order valence-electron chi connectivity index (χ4n) is 2.10. The van der Waals surface area contributed by atoms with E-state index in [1.807, 2.05) is 26.0 Å². The van der Waals surface area contributed by atoms with Crippen molar-refractivity contribution in [1.82, 2.24) is 0 Å². The van der Waals surface area contributed by atoms with Gasteiger partial charge in [-0.15, -0.1) is 0 Å². The second-order valence-electron chi connectivity index (χ2n) is 4.95. The molecule has 0 amide bonds. The fourth-order valence-corrected chi connectivity index (χ4v) is 2.69. The van der Waals surface area contributed by atoms with Crippen LogP contribution in [-0.2, 0) is 6.42 Å². The van der Waals surface area contributed by atoms with Crippen LogP contribution in [-0.4, -0.2) is 17.9 Å². The summed E-state index contributed by atoms with van der Waals surface area (Å²) in [5.74, 6) is 0.944. The van der Waals surface area contributed by atoms with E-state index in [-0.39, 0.29) is 11.4 Å². The van der Waals surface area contributed by atoms with E-state index in [2.05, 4.69) is 15.9 Å². The van der Waals surface area contributed by atoms with E-state index < -0.39 is 0 Å². The molecule has 1 aromatic rings. The number of ether oxygens (including phenoxy) is 1. The van der Waals surface area contributed by atoms with Crippen LogP contribution in [0.2, 0.25) is 0 Å². The van der Waals surface area contributed by atoms with Gasteiger partial charge in [-0.05, 0) is 54.0 Å². The van der Waals surface area contributed by atoms with Crippen LogP contribution in [0.5, 0.6) is 5.75 Å². The molecule has 0 aromatic heterocycles. The molecule has 92 valence electrons. The molecule has 17 heavy (non-hydrogen) atoms. The summed E-state index contributed by atoms with van der Waals surface area (Å²) in [5, 5.41) is 0. The van der Waals surface area contributed by atoms with E-state index >= 15 is 0 Å². The minimum absolute atomic E-state index is 0.0840. The highest BCUT2D eigenvalue weighted by molar-refractivity contribution is 9.10. The van der Waals surface area contributed by atoms with Gasteiger partial charge in [-0.1, -0.05) is 0 Å². The van der Waals surface area contributed by atoms with Crippen LogP contribution in [0, 0.1) is 0 Å². The van der Waals surface area contributed by atoms with Crippen molar-refractivity contribution in [3.63, 3.8) is 0 Å². The van der Waals surface area contributed by atoms with Crippen LogP contribution < -0.4 is 10.5 Å². The Labute approximate surface area is 109 Å². The zero-order valence-corrected chi connectivity index (χ0v) is 11.6. The Morgan fingerprint density at radius 3 is 2.88 bits per heavy atom. The summed E-state index contributed by atoms with van der Waals surface area (Å²) in [7, 11) is 0. The first kappa shape index (κ1) is 12.6. The minimum atomic E-state index is -0.194. The highest BCUT2D eigenvalue weighted by atomic mass is 79.9. The van der Waals surface area contributed by atoms with Crippen molar-refractivity contribution in [2.75, 3.05) is 6.54 Å². The number of Topliss-reactive ketones (excluding diaryl/α,β-unsaturated/α-hetero) is 1. The maximum Gasteiger partial charge on any atom is 0.164 e. The summed E-state index contributed by atoms with van der Waals surface area (Å²) in [4.78, 5) is 11.8.